The molecule has 5 aromatic rings. The number of sulfone groups is 1. The van der Waals surface area contributed by atoms with E-state index in [4.69, 9.17) is 14.7 Å². The zero-order valence-corrected chi connectivity index (χ0v) is 25.7. The normalized spacial score (nSPS) is 20.4. The van der Waals surface area contributed by atoms with Gasteiger partial charge in [0.15, 0.2) is 9.84 Å². The summed E-state index contributed by atoms with van der Waals surface area (Å²) < 4.78 is 35.1. The molecular formula is C32H37N7O3S. The van der Waals surface area contributed by atoms with Gasteiger partial charge in [0.05, 0.1) is 40.0 Å². The number of anilines is 1. The molecule has 2 aliphatic rings. The number of pyridine rings is 2. The van der Waals surface area contributed by atoms with Gasteiger partial charge in [0, 0.05) is 50.5 Å². The average Bonchev–Trinajstić information content (AvgIpc) is 3.46. The fraction of sp³-hybridized carbons (Fsp3) is 0.438. The lowest BCUT2D eigenvalue weighted by Gasteiger charge is -2.33. The zero-order valence-electron chi connectivity index (χ0n) is 24.8. The van der Waals surface area contributed by atoms with Crippen LogP contribution >= 0.6 is 0 Å². The van der Waals surface area contributed by atoms with Gasteiger partial charge >= 0.3 is 0 Å². The van der Waals surface area contributed by atoms with Crippen molar-refractivity contribution in [1.29, 1.82) is 0 Å². The van der Waals surface area contributed by atoms with E-state index in [-0.39, 0.29) is 23.5 Å². The second kappa shape index (κ2) is 11.0. The second-order valence-electron chi connectivity index (χ2n) is 12.1. The van der Waals surface area contributed by atoms with Crippen LogP contribution in [0.2, 0.25) is 0 Å². The molecule has 1 unspecified atom stereocenters. The molecule has 1 aromatic carbocycles. The van der Waals surface area contributed by atoms with E-state index in [1.54, 1.807) is 4.68 Å². The maximum Gasteiger partial charge on any atom is 0.152 e. The van der Waals surface area contributed by atoms with E-state index >= 15 is 0 Å². The van der Waals surface area contributed by atoms with Crippen molar-refractivity contribution >= 4 is 37.7 Å². The summed E-state index contributed by atoms with van der Waals surface area (Å²) in [5.74, 6) is 1.51. The Morgan fingerprint density at radius 2 is 1.86 bits per heavy atom. The molecule has 10 nitrogen and oxygen atoms in total. The number of benzene rings is 1. The van der Waals surface area contributed by atoms with Crippen molar-refractivity contribution in [3.63, 3.8) is 0 Å². The quantitative estimate of drug-likeness (QED) is 0.289. The molecule has 0 saturated carbocycles. The average molecular weight is 600 g/mol. The summed E-state index contributed by atoms with van der Waals surface area (Å²) in [5.41, 5.74) is 6.71. The Hall–Kier alpha value is -3.83. The Morgan fingerprint density at radius 1 is 1.07 bits per heavy atom. The lowest BCUT2D eigenvalue weighted by molar-refractivity contribution is 0.0552. The smallest absolute Gasteiger partial charge is 0.152 e. The molecule has 2 fully saturated rings. The van der Waals surface area contributed by atoms with E-state index in [2.05, 4.69) is 62.2 Å². The van der Waals surface area contributed by atoms with Crippen LogP contribution in [0.25, 0.3) is 33.3 Å². The van der Waals surface area contributed by atoms with Gasteiger partial charge in [0.1, 0.15) is 11.5 Å². The van der Waals surface area contributed by atoms with Crippen molar-refractivity contribution in [2.45, 2.75) is 32.7 Å². The van der Waals surface area contributed by atoms with Gasteiger partial charge in [0.2, 0.25) is 0 Å². The molecule has 0 amide bonds. The fourth-order valence-corrected chi connectivity index (χ4v) is 8.65. The van der Waals surface area contributed by atoms with Crippen LogP contribution < -0.4 is 4.90 Å². The molecule has 6 heterocycles. The molecule has 2 atom stereocenters. The summed E-state index contributed by atoms with van der Waals surface area (Å²) in [6.45, 7) is 6.51. The summed E-state index contributed by atoms with van der Waals surface area (Å²) in [5, 5.41) is 9.50. The molecular weight excluding hydrogens is 562 g/mol. The van der Waals surface area contributed by atoms with Gasteiger partial charge in [-0.15, -0.1) is 5.10 Å². The van der Waals surface area contributed by atoms with Crippen molar-refractivity contribution in [2.75, 3.05) is 42.7 Å². The fourth-order valence-electron chi connectivity index (χ4n) is 7.02. The number of ether oxygens (including phenoxy) is 1. The highest BCUT2D eigenvalue weighted by Crippen LogP contribution is 2.41. The molecule has 11 heteroatoms. The van der Waals surface area contributed by atoms with Crippen LogP contribution in [-0.4, -0.2) is 75.8 Å². The minimum absolute atomic E-state index is 0.0131. The van der Waals surface area contributed by atoms with Gasteiger partial charge in [-0.05, 0) is 55.4 Å². The van der Waals surface area contributed by atoms with E-state index < -0.39 is 9.84 Å². The largest absolute Gasteiger partial charge is 0.381 e. The van der Waals surface area contributed by atoms with Gasteiger partial charge in [-0.1, -0.05) is 42.5 Å². The Balaban J connectivity index is 1.48. The van der Waals surface area contributed by atoms with Crippen LogP contribution in [0.5, 0.6) is 0 Å². The van der Waals surface area contributed by atoms with Crippen molar-refractivity contribution < 1.29 is 13.2 Å². The minimum Gasteiger partial charge on any atom is -0.381 e. The lowest BCUT2D eigenvalue weighted by Crippen LogP contribution is -2.30. The molecule has 4 aromatic heterocycles. The summed E-state index contributed by atoms with van der Waals surface area (Å²) in [7, 11) is -1.18. The predicted molar refractivity (Wildman–Crippen MR) is 168 cm³/mol. The predicted octanol–water partition coefficient (Wildman–Crippen LogP) is 4.58. The summed E-state index contributed by atoms with van der Waals surface area (Å²) in [6.07, 6.45) is 3.79. The van der Waals surface area contributed by atoms with Crippen LogP contribution in [0, 0.1) is 18.8 Å². The molecule has 0 bridgehead atoms. The standard InChI is InChI=1S/C32H37N7O3S/c1-21-19-38(13-16-43(40,41)20-21)28-10-9-26-29-27(17-25(18-33-29)30-22(2)35-36-37(30)3)39(32(26)34-28)31(23-7-5-4-6-8-23)24-11-14-42-15-12-24/h4-10,17-18,21,24,31H,11-16,19-20H2,1-3H3/t21?,31-/m1/s1. The maximum atomic E-state index is 12.6. The van der Waals surface area contributed by atoms with Crippen LogP contribution in [-0.2, 0) is 21.6 Å². The second-order valence-corrected chi connectivity index (χ2v) is 14.3. The molecule has 7 rings (SSSR count). The molecule has 2 saturated heterocycles. The van der Waals surface area contributed by atoms with Crippen LogP contribution in [0.1, 0.15) is 37.1 Å². The van der Waals surface area contributed by atoms with E-state index in [9.17, 15) is 8.42 Å². The lowest BCUT2D eigenvalue weighted by atomic mass is 9.86. The molecule has 43 heavy (non-hydrogen) atoms. The van der Waals surface area contributed by atoms with Crippen LogP contribution in [0.4, 0.5) is 5.82 Å². The third-order valence-corrected chi connectivity index (χ3v) is 10.8. The van der Waals surface area contributed by atoms with Gasteiger partial charge in [-0.2, -0.15) is 0 Å². The highest BCUT2D eigenvalue weighted by molar-refractivity contribution is 7.91. The SMILES string of the molecule is Cc1nnn(C)c1-c1cnc2c3ccc(N4CCS(=O)(=O)CC(C)C4)nc3n([C@H](c3ccccc3)C3CCOCC3)c2c1. The zero-order chi connectivity index (χ0) is 29.7. The van der Waals surface area contributed by atoms with E-state index in [0.717, 1.165) is 70.9 Å². The molecule has 0 aliphatic carbocycles. The number of aryl methyl sites for hydroxylation is 2. The summed E-state index contributed by atoms with van der Waals surface area (Å²) >= 11 is 0. The Labute approximate surface area is 251 Å². The van der Waals surface area contributed by atoms with Crippen LogP contribution in [0.15, 0.2) is 54.7 Å². The summed E-state index contributed by atoms with van der Waals surface area (Å²) in [6, 6.07) is 17.0. The highest BCUT2D eigenvalue weighted by atomic mass is 32.2. The first kappa shape index (κ1) is 28.0. The first-order valence-electron chi connectivity index (χ1n) is 15.0. The first-order chi connectivity index (χ1) is 20.8. The van der Waals surface area contributed by atoms with Gasteiger partial charge in [-0.3, -0.25) is 4.98 Å². The number of nitrogens with zero attached hydrogens (tertiary/aromatic N) is 7. The number of rotatable bonds is 5. The molecule has 224 valence electrons. The van der Waals surface area contributed by atoms with E-state index in [1.807, 2.05) is 33.2 Å². The molecule has 0 radical (unpaired) electrons. The number of fused-ring (bicyclic) bond motifs is 3. The monoisotopic (exact) mass is 599 g/mol. The van der Waals surface area contributed by atoms with Crippen molar-refractivity contribution in [1.82, 2.24) is 29.5 Å². The van der Waals surface area contributed by atoms with Gasteiger partial charge in [0.25, 0.3) is 0 Å². The van der Waals surface area contributed by atoms with E-state index in [0.29, 0.717) is 19.0 Å². The highest BCUT2D eigenvalue weighted by Gasteiger charge is 2.32. The third-order valence-electron chi connectivity index (χ3n) is 8.94. The Kier molecular flexibility index (Phi) is 7.17. The Bertz CT molecular complexity index is 1880. The van der Waals surface area contributed by atoms with E-state index in [1.165, 1.54) is 5.56 Å². The van der Waals surface area contributed by atoms with Crippen LogP contribution in [0.3, 0.4) is 0 Å². The maximum absolute atomic E-state index is 12.6. The van der Waals surface area contributed by atoms with Crippen molar-refractivity contribution in [3.8, 4) is 11.3 Å². The molecule has 2 aliphatic heterocycles. The number of hydrogen-bond donors (Lipinski definition) is 0. The minimum atomic E-state index is -3.09. The topological polar surface area (TPSA) is 108 Å². The number of aromatic nitrogens is 6. The van der Waals surface area contributed by atoms with Gasteiger partial charge in [-0.25, -0.2) is 18.1 Å². The Morgan fingerprint density at radius 3 is 2.60 bits per heavy atom. The summed E-state index contributed by atoms with van der Waals surface area (Å²) in [4.78, 5) is 12.5. The first-order valence-corrected chi connectivity index (χ1v) is 16.9. The van der Waals surface area contributed by atoms with Crippen molar-refractivity contribution in [2.24, 2.45) is 18.9 Å². The number of hydrogen-bond acceptors (Lipinski definition) is 8. The third kappa shape index (κ3) is 5.18. The molecule has 0 N–H and O–H groups in total. The molecule has 0 spiro atoms. The van der Waals surface area contributed by atoms with Gasteiger partial charge < -0.3 is 14.2 Å². The van der Waals surface area contributed by atoms with Crippen molar-refractivity contribution in [3.05, 3.63) is 66.0 Å².